The van der Waals surface area contributed by atoms with Crippen LogP contribution in [0.5, 0.6) is 0 Å². The second kappa shape index (κ2) is 4.58. The van der Waals surface area contributed by atoms with Crippen molar-refractivity contribution in [2.24, 2.45) is 0 Å². The Bertz CT molecular complexity index is 178. The maximum atomic E-state index is 11.3. The Labute approximate surface area is 78.9 Å². The maximum Gasteiger partial charge on any atom is 0.234 e. The van der Waals surface area contributed by atoms with Crippen LogP contribution in [-0.2, 0) is 4.79 Å². The zero-order valence-electron chi connectivity index (χ0n) is 8.29. The third-order valence-corrected chi connectivity index (χ3v) is 2.32. The van der Waals surface area contributed by atoms with Crippen molar-refractivity contribution in [3.05, 3.63) is 0 Å². The average molecular weight is 186 g/mol. The summed E-state index contributed by atoms with van der Waals surface area (Å²) in [5, 5.41) is 11.9. The summed E-state index contributed by atoms with van der Waals surface area (Å²) in [5.74, 6) is 0.0567. The van der Waals surface area contributed by atoms with Crippen molar-refractivity contribution in [3.8, 4) is 0 Å². The van der Waals surface area contributed by atoms with Gasteiger partial charge in [0.25, 0.3) is 0 Å². The Morgan fingerprint density at radius 3 is 2.77 bits per heavy atom. The normalized spacial score (nSPS) is 20.8. The summed E-state index contributed by atoms with van der Waals surface area (Å²) in [4.78, 5) is 13.2. The highest BCUT2D eigenvalue weighted by molar-refractivity contribution is 5.78. The second-order valence-electron chi connectivity index (χ2n) is 3.72. The van der Waals surface area contributed by atoms with Gasteiger partial charge in [-0.1, -0.05) is 6.92 Å². The van der Waals surface area contributed by atoms with Gasteiger partial charge in [-0.05, 0) is 13.3 Å². The minimum atomic E-state index is -0.226. The van der Waals surface area contributed by atoms with E-state index in [0.29, 0.717) is 19.6 Å². The van der Waals surface area contributed by atoms with Crippen LogP contribution in [0.15, 0.2) is 0 Å². The fraction of sp³-hybridized carbons (Fsp3) is 0.889. The van der Waals surface area contributed by atoms with E-state index in [1.54, 1.807) is 0 Å². The number of likely N-dealkylation sites (tertiary alicyclic amines) is 1. The van der Waals surface area contributed by atoms with Gasteiger partial charge in [0.05, 0.1) is 12.6 Å². The topological polar surface area (TPSA) is 52.6 Å². The third-order valence-electron chi connectivity index (χ3n) is 2.32. The number of rotatable bonds is 4. The van der Waals surface area contributed by atoms with Crippen molar-refractivity contribution in [1.82, 2.24) is 10.2 Å². The summed E-state index contributed by atoms with van der Waals surface area (Å²) in [6.45, 7) is 5.71. The molecule has 0 bridgehead atoms. The molecule has 76 valence electrons. The van der Waals surface area contributed by atoms with Crippen molar-refractivity contribution < 1.29 is 9.90 Å². The molecule has 1 saturated heterocycles. The van der Waals surface area contributed by atoms with E-state index >= 15 is 0 Å². The van der Waals surface area contributed by atoms with Crippen molar-refractivity contribution in [3.63, 3.8) is 0 Å². The standard InChI is InChI=1S/C9H18N2O2/c1-3-7(2)10-9(13)6-11-4-8(12)5-11/h7-8,12H,3-6H2,1-2H3,(H,10,13)/t7-/m1/s1. The Hall–Kier alpha value is -0.610. The Kier molecular flexibility index (Phi) is 3.69. The molecule has 2 N–H and O–H groups in total. The van der Waals surface area contributed by atoms with Gasteiger partial charge in [0.15, 0.2) is 0 Å². The number of hydrogen-bond acceptors (Lipinski definition) is 3. The predicted molar refractivity (Wildman–Crippen MR) is 50.3 cm³/mol. The lowest BCUT2D eigenvalue weighted by atomic mass is 10.2. The molecular weight excluding hydrogens is 168 g/mol. The number of aliphatic hydroxyl groups is 1. The molecule has 0 aliphatic carbocycles. The lowest BCUT2D eigenvalue weighted by Crippen LogP contribution is -2.54. The predicted octanol–water partition coefficient (Wildman–Crippen LogP) is -0.422. The van der Waals surface area contributed by atoms with Crippen LogP contribution in [0, 0.1) is 0 Å². The highest BCUT2D eigenvalue weighted by Gasteiger charge is 2.25. The van der Waals surface area contributed by atoms with Gasteiger partial charge in [0.1, 0.15) is 0 Å². The molecule has 0 saturated carbocycles. The van der Waals surface area contributed by atoms with Gasteiger partial charge in [-0.15, -0.1) is 0 Å². The van der Waals surface area contributed by atoms with Crippen LogP contribution in [-0.4, -0.2) is 47.7 Å². The minimum Gasteiger partial charge on any atom is -0.390 e. The summed E-state index contributed by atoms with van der Waals surface area (Å²) >= 11 is 0. The molecule has 1 rings (SSSR count). The van der Waals surface area contributed by atoms with Gasteiger partial charge >= 0.3 is 0 Å². The average Bonchev–Trinajstić information content (AvgIpc) is 2.01. The Morgan fingerprint density at radius 2 is 2.31 bits per heavy atom. The number of amides is 1. The van der Waals surface area contributed by atoms with E-state index in [-0.39, 0.29) is 18.1 Å². The van der Waals surface area contributed by atoms with Crippen LogP contribution in [0.1, 0.15) is 20.3 Å². The maximum absolute atomic E-state index is 11.3. The largest absolute Gasteiger partial charge is 0.390 e. The molecule has 0 aromatic carbocycles. The lowest BCUT2D eigenvalue weighted by Gasteiger charge is -2.35. The number of carbonyl (C=O) groups is 1. The van der Waals surface area contributed by atoms with Crippen molar-refractivity contribution in [1.29, 1.82) is 0 Å². The summed E-state index contributed by atoms with van der Waals surface area (Å²) in [6.07, 6.45) is 0.727. The third kappa shape index (κ3) is 3.32. The molecule has 1 atom stereocenters. The van der Waals surface area contributed by atoms with Crippen LogP contribution in [0.25, 0.3) is 0 Å². The van der Waals surface area contributed by atoms with Crippen molar-refractivity contribution >= 4 is 5.91 Å². The van der Waals surface area contributed by atoms with E-state index in [1.165, 1.54) is 0 Å². The molecule has 13 heavy (non-hydrogen) atoms. The molecule has 0 aromatic heterocycles. The fourth-order valence-corrected chi connectivity index (χ4v) is 1.30. The first-order chi connectivity index (χ1) is 6.11. The van der Waals surface area contributed by atoms with E-state index in [9.17, 15) is 4.79 Å². The minimum absolute atomic E-state index is 0.0567. The van der Waals surface area contributed by atoms with Gasteiger partial charge < -0.3 is 10.4 Å². The van der Waals surface area contributed by atoms with Gasteiger partial charge in [0, 0.05) is 19.1 Å². The smallest absolute Gasteiger partial charge is 0.234 e. The molecule has 1 aliphatic rings. The molecule has 4 heteroatoms. The first kappa shape index (κ1) is 10.5. The molecule has 0 spiro atoms. The summed E-state index contributed by atoms with van der Waals surface area (Å²) in [6, 6.07) is 0.249. The van der Waals surface area contributed by atoms with Gasteiger partial charge in [-0.2, -0.15) is 0 Å². The number of hydrogen-bond donors (Lipinski definition) is 2. The van der Waals surface area contributed by atoms with Crippen LogP contribution in [0.4, 0.5) is 0 Å². The second-order valence-corrected chi connectivity index (χ2v) is 3.72. The first-order valence-corrected chi connectivity index (χ1v) is 4.81. The Morgan fingerprint density at radius 1 is 1.69 bits per heavy atom. The van der Waals surface area contributed by atoms with Crippen LogP contribution < -0.4 is 5.32 Å². The molecule has 1 heterocycles. The Balaban J connectivity index is 2.11. The van der Waals surface area contributed by atoms with Crippen LogP contribution in [0.3, 0.4) is 0 Å². The fourth-order valence-electron chi connectivity index (χ4n) is 1.30. The molecule has 1 fully saturated rings. The molecule has 4 nitrogen and oxygen atoms in total. The molecule has 0 radical (unpaired) electrons. The monoisotopic (exact) mass is 186 g/mol. The highest BCUT2D eigenvalue weighted by Crippen LogP contribution is 2.05. The van der Waals surface area contributed by atoms with Crippen LogP contribution in [0.2, 0.25) is 0 Å². The van der Waals surface area contributed by atoms with E-state index in [0.717, 1.165) is 6.42 Å². The van der Waals surface area contributed by atoms with Gasteiger partial charge in [-0.3, -0.25) is 9.69 Å². The zero-order valence-corrected chi connectivity index (χ0v) is 8.29. The first-order valence-electron chi connectivity index (χ1n) is 4.81. The molecule has 0 unspecified atom stereocenters. The van der Waals surface area contributed by atoms with Gasteiger partial charge in [-0.25, -0.2) is 0 Å². The van der Waals surface area contributed by atoms with Crippen molar-refractivity contribution in [2.45, 2.75) is 32.4 Å². The quantitative estimate of drug-likeness (QED) is 0.627. The molecule has 0 aromatic rings. The zero-order chi connectivity index (χ0) is 9.84. The molecular formula is C9H18N2O2. The van der Waals surface area contributed by atoms with Crippen LogP contribution >= 0.6 is 0 Å². The van der Waals surface area contributed by atoms with Crippen molar-refractivity contribution in [2.75, 3.05) is 19.6 Å². The number of nitrogens with zero attached hydrogens (tertiary/aromatic N) is 1. The summed E-state index contributed by atoms with van der Waals surface area (Å²) < 4.78 is 0. The summed E-state index contributed by atoms with van der Waals surface area (Å²) in [7, 11) is 0. The number of carbonyl (C=O) groups excluding carboxylic acids is 1. The molecule has 1 amide bonds. The molecule has 1 aliphatic heterocycles. The highest BCUT2D eigenvalue weighted by atomic mass is 16.3. The number of nitrogens with one attached hydrogen (secondary N) is 1. The van der Waals surface area contributed by atoms with Gasteiger partial charge in [0.2, 0.25) is 5.91 Å². The summed E-state index contributed by atoms with van der Waals surface area (Å²) in [5.41, 5.74) is 0. The lowest BCUT2D eigenvalue weighted by molar-refractivity contribution is -0.125. The van der Waals surface area contributed by atoms with E-state index < -0.39 is 0 Å². The van der Waals surface area contributed by atoms with E-state index in [4.69, 9.17) is 5.11 Å². The number of β-amino-alcohol motifs (C(OH)–C–C–N with tert-alkyl or cyclic N) is 1. The SMILES string of the molecule is CC[C@@H](C)NC(=O)CN1CC(O)C1. The van der Waals surface area contributed by atoms with E-state index in [2.05, 4.69) is 5.32 Å². The number of aliphatic hydroxyl groups excluding tert-OH is 1. The van der Waals surface area contributed by atoms with E-state index in [1.807, 2.05) is 18.7 Å².